The van der Waals surface area contributed by atoms with Crippen LogP contribution in [0.4, 0.5) is 0 Å². The van der Waals surface area contributed by atoms with Crippen LogP contribution >= 0.6 is 0 Å². The van der Waals surface area contributed by atoms with Crippen LogP contribution in [0.1, 0.15) is 24.2 Å². The minimum absolute atomic E-state index is 0.0190. The quantitative estimate of drug-likeness (QED) is 0.885. The first-order valence-electron chi connectivity index (χ1n) is 6.83. The Morgan fingerprint density at radius 3 is 2.23 bits per heavy atom. The number of sulfonamides is 1. The van der Waals surface area contributed by atoms with Gasteiger partial charge < -0.3 is 5.73 Å². The van der Waals surface area contributed by atoms with Crippen molar-refractivity contribution < 1.29 is 13.2 Å². The van der Waals surface area contributed by atoms with Crippen molar-refractivity contribution in [2.45, 2.75) is 24.8 Å². The van der Waals surface area contributed by atoms with Crippen LogP contribution in [-0.4, -0.2) is 20.4 Å². The molecule has 2 aromatic carbocycles. The van der Waals surface area contributed by atoms with E-state index in [4.69, 9.17) is 5.73 Å². The third-order valence-electron chi connectivity index (χ3n) is 3.02. The first-order valence-corrected chi connectivity index (χ1v) is 8.32. The zero-order valence-electron chi connectivity index (χ0n) is 12.4. The van der Waals surface area contributed by atoms with E-state index < -0.39 is 15.9 Å². The lowest BCUT2D eigenvalue weighted by Gasteiger charge is -2.16. The van der Waals surface area contributed by atoms with Crippen molar-refractivity contribution >= 4 is 15.9 Å². The molecule has 2 rings (SSSR count). The van der Waals surface area contributed by atoms with Crippen LogP contribution < -0.4 is 10.5 Å². The van der Waals surface area contributed by atoms with Gasteiger partial charge in [0.15, 0.2) is 0 Å². The van der Waals surface area contributed by atoms with E-state index in [-0.39, 0.29) is 16.5 Å². The van der Waals surface area contributed by atoms with E-state index in [0.29, 0.717) is 11.1 Å². The van der Waals surface area contributed by atoms with Gasteiger partial charge in [0, 0.05) is 11.6 Å². The summed E-state index contributed by atoms with van der Waals surface area (Å²) in [5.74, 6) is -0.776. The average molecular weight is 318 g/mol. The maximum Gasteiger partial charge on any atom is 0.250 e. The molecule has 0 fully saturated rings. The first kappa shape index (κ1) is 16.2. The van der Waals surface area contributed by atoms with E-state index in [9.17, 15) is 13.2 Å². The molecule has 0 radical (unpaired) electrons. The summed E-state index contributed by atoms with van der Waals surface area (Å²) in [6, 6.07) is 13.4. The Morgan fingerprint density at radius 1 is 1.05 bits per heavy atom. The number of hydrogen-bond acceptors (Lipinski definition) is 3. The zero-order chi connectivity index (χ0) is 16.3. The number of hydrogen-bond donors (Lipinski definition) is 2. The van der Waals surface area contributed by atoms with Crippen molar-refractivity contribution in [3.05, 3.63) is 54.1 Å². The molecule has 0 aliphatic carbocycles. The second kappa shape index (κ2) is 6.29. The normalized spacial score (nSPS) is 11.6. The monoisotopic (exact) mass is 318 g/mol. The molecular weight excluding hydrogens is 300 g/mol. The van der Waals surface area contributed by atoms with Crippen molar-refractivity contribution in [2.75, 3.05) is 0 Å². The lowest BCUT2D eigenvalue weighted by atomic mass is 10.0. The number of carbonyl (C=O) groups is 1. The molecule has 22 heavy (non-hydrogen) atoms. The number of nitrogens with one attached hydrogen (secondary N) is 1. The molecule has 0 unspecified atom stereocenters. The highest BCUT2D eigenvalue weighted by Crippen LogP contribution is 2.30. The summed E-state index contributed by atoms with van der Waals surface area (Å²) in [6.45, 7) is 3.43. The summed E-state index contributed by atoms with van der Waals surface area (Å²) < 4.78 is 27.8. The van der Waals surface area contributed by atoms with Gasteiger partial charge in [0.05, 0.1) is 5.56 Å². The number of rotatable bonds is 5. The maximum atomic E-state index is 12.6. The number of nitrogens with two attached hydrogens (primary N) is 1. The summed E-state index contributed by atoms with van der Waals surface area (Å²) in [4.78, 5) is 11.6. The predicted octanol–water partition coefficient (Wildman–Crippen LogP) is 2.14. The summed E-state index contributed by atoms with van der Waals surface area (Å²) in [5.41, 5.74) is 6.49. The lowest BCUT2D eigenvalue weighted by Crippen LogP contribution is -2.32. The molecule has 0 aliphatic rings. The number of carbonyl (C=O) groups excluding carboxylic acids is 1. The number of amides is 1. The van der Waals surface area contributed by atoms with Gasteiger partial charge in [-0.3, -0.25) is 4.79 Å². The van der Waals surface area contributed by atoms with E-state index in [1.54, 1.807) is 50.2 Å². The number of benzene rings is 2. The highest BCUT2D eigenvalue weighted by molar-refractivity contribution is 7.89. The van der Waals surface area contributed by atoms with Crippen molar-refractivity contribution in [2.24, 2.45) is 5.73 Å². The molecule has 2 aromatic rings. The van der Waals surface area contributed by atoms with Crippen molar-refractivity contribution in [1.82, 2.24) is 4.72 Å². The molecule has 0 spiro atoms. The molecule has 0 bridgehead atoms. The SMILES string of the molecule is CC(C)NS(=O)(=O)c1c(C(N)=O)cccc1-c1ccccc1. The van der Waals surface area contributed by atoms with Crippen molar-refractivity contribution in [3.8, 4) is 11.1 Å². The van der Waals surface area contributed by atoms with Crippen LogP contribution in [0.3, 0.4) is 0 Å². The third-order valence-corrected chi connectivity index (χ3v) is 4.78. The lowest BCUT2D eigenvalue weighted by molar-refractivity contribution is 0.0997. The van der Waals surface area contributed by atoms with Crippen LogP contribution in [0.25, 0.3) is 11.1 Å². The Bertz CT molecular complexity index is 784. The molecule has 0 heterocycles. The molecule has 3 N–H and O–H groups in total. The molecular formula is C16H18N2O3S. The second-order valence-electron chi connectivity index (χ2n) is 5.19. The highest BCUT2D eigenvalue weighted by atomic mass is 32.2. The zero-order valence-corrected chi connectivity index (χ0v) is 13.2. The minimum Gasteiger partial charge on any atom is -0.366 e. The van der Waals surface area contributed by atoms with Gasteiger partial charge in [-0.05, 0) is 25.5 Å². The molecule has 1 amide bonds. The fourth-order valence-corrected chi connectivity index (χ4v) is 3.91. The predicted molar refractivity (Wildman–Crippen MR) is 85.9 cm³/mol. The van der Waals surface area contributed by atoms with Gasteiger partial charge in [-0.1, -0.05) is 42.5 Å². The Labute approximate surface area is 130 Å². The smallest absolute Gasteiger partial charge is 0.250 e. The number of primary amides is 1. The van der Waals surface area contributed by atoms with Crippen LogP contribution in [0.2, 0.25) is 0 Å². The van der Waals surface area contributed by atoms with E-state index >= 15 is 0 Å². The molecule has 6 heteroatoms. The van der Waals surface area contributed by atoms with Crippen molar-refractivity contribution in [1.29, 1.82) is 0 Å². The fraction of sp³-hybridized carbons (Fsp3) is 0.188. The summed E-state index contributed by atoms with van der Waals surface area (Å²) in [6.07, 6.45) is 0. The molecule has 0 aromatic heterocycles. The van der Waals surface area contributed by atoms with E-state index in [1.807, 2.05) is 6.07 Å². The van der Waals surface area contributed by atoms with Gasteiger partial charge in [0.2, 0.25) is 15.9 Å². The molecule has 0 saturated carbocycles. The molecule has 116 valence electrons. The van der Waals surface area contributed by atoms with Crippen LogP contribution in [0.5, 0.6) is 0 Å². The molecule has 0 saturated heterocycles. The topological polar surface area (TPSA) is 89.3 Å². The Balaban J connectivity index is 2.76. The standard InChI is InChI=1S/C16H18N2O3S/c1-11(2)18-22(20,21)15-13(12-7-4-3-5-8-12)9-6-10-14(15)16(17)19/h3-11,18H,1-2H3,(H2,17,19). The van der Waals surface area contributed by atoms with Gasteiger partial charge in [0.25, 0.3) is 0 Å². The Morgan fingerprint density at radius 2 is 1.68 bits per heavy atom. The Kier molecular flexibility index (Phi) is 4.63. The highest BCUT2D eigenvalue weighted by Gasteiger charge is 2.26. The average Bonchev–Trinajstić information content (AvgIpc) is 2.46. The Hall–Kier alpha value is -2.18. The van der Waals surface area contributed by atoms with Crippen LogP contribution in [0.15, 0.2) is 53.4 Å². The first-order chi connectivity index (χ1) is 10.3. The van der Waals surface area contributed by atoms with Gasteiger partial charge in [-0.2, -0.15) is 0 Å². The van der Waals surface area contributed by atoms with Crippen LogP contribution in [0, 0.1) is 0 Å². The third kappa shape index (κ3) is 3.35. The van der Waals surface area contributed by atoms with Crippen LogP contribution in [-0.2, 0) is 10.0 Å². The van der Waals surface area contributed by atoms with E-state index in [2.05, 4.69) is 4.72 Å². The molecule has 0 aliphatic heterocycles. The largest absolute Gasteiger partial charge is 0.366 e. The molecule has 5 nitrogen and oxygen atoms in total. The van der Waals surface area contributed by atoms with Gasteiger partial charge in [0.1, 0.15) is 4.90 Å². The fourth-order valence-electron chi connectivity index (χ4n) is 2.23. The summed E-state index contributed by atoms with van der Waals surface area (Å²) in [7, 11) is -3.86. The van der Waals surface area contributed by atoms with Gasteiger partial charge >= 0.3 is 0 Å². The second-order valence-corrected chi connectivity index (χ2v) is 6.84. The van der Waals surface area contributed by atoms with Gasteiger partial charge in [-0.25, -0.2) is 13.1 Å². The minimum atomic E-state index is -3.86. The summed E-state index contributed by atoms with van der Waals surface area (Å²) in [5, 5.41) is 0. The van der Waals surface area contributed by atoms with E-state index in [1.165, 1.54) is 6.07 Å². The van der Waals surface area contributed by atoms with Crippen molar-refractivity contribution in [3.63, 3.8) is 0 Å². The summed E-state index contributed by atoms with van der Waals surface area (Å²) >= 11 is 0. The van der Waals surface area contributed by atoms with E-state index in [0.717, 1.165) is 0 Å². The maximum absolute atomic E-state index is 12.6. The van der Waals surface area contributed by atoms with Gasteiger partial charge in [-0.15, -0.1) is 0 Å². The molecule has 0 atom stereocenters.